The average Bonchev–Trinajstić information content (AvgIpc) is 2.38. The average molecular weight is 259 g/mol. The summed E-state index contributed by atoms with van der Waals surface area (Å²) in [6.45, 7) is 0. The Morgan fingerprint density at radius 2 is 1.94 bits per heavy atom. The molecule has 0 aliphatic rings. The van der Waals surface area contributed by atoms with Gasteiger partial charge in [-0.1, -0.05) is 35.9 Å². The first-order valence-corrected chi connectivity index (χ1v) is 5.78. The summed E-state index contributed by atoms with van der Waals surface area (Å²) in [5, 5.41) is 22.2. The van der Waals surface area contributed by atoms with Gasteiger partial charge in [-0.3, -0.25) is 0 Å². The molecule has 0 amide bonds. The first-order chi connectivity index (χ1) is 8.70. The van der Waals surface area contributed by atoms with Crippen LogP contribution in [0.1, 0.15) is 11.6 Å². The standard InChI is InChI=1S/C14H11ClN2O/c15-12-6-1-2-7-13(12)17-14(9-16)10-4-3-5-11(18)8-10/h1-8,14,17-18H. The molecule has 0 aromatic heterocycles. The zero-order valence-electron chi connectivity index (χ0n) is 9.47. The SMILES string of the molecule is N#CC(Nc1ccccc1Cl)c1cccc(O)c1. The van der Waals surface area contributed by atoms with Crippen molar-refractivity contribution in [2.45, 2.75) is 6.04 Å². The van der Waals surface area contributed by atoms with Crippen LogP contribution in [-0.2, 0) is 0 Å². The lowest BCUT2D eigenvalue weighted by molar-refractivity contribution is 0.474. The van der Waals surface area contributed by atoms with Gasteiger partial charge in [-0.25, -0.2) is 0 Å². The Kier molecular flexibility index (Phi) is 3.71. The summed E-state index contributed by atoms with van der Waals surface area (Å²) in [6, 6.07) is 15.4. The van der Waals surface area contributed by atoms with Gasteiger partial charge in [-0.15, -0.1) is 0 Å². The van der Waals surface area contributed by atoms with E-state index in [0.717, 1.165) is 0 Å². The lowest BCUT2D eigenvalue weighted by Crippen LogP contribution is -2.08. The highest BCUT2D eigenvalue weighted by atomic mass is 35.5. The fraction of sp³-hybridized carbons (Fsp3) is 0.0714. The van der Waals surface area contributed by atoms with Gasteiger partial charge < -0.3 is 10.4 Å². The first kappa shape index (κ1) is 12.3. The second-order valence-electron chi connectivity index (χ2n) is 3.78. The van der Waals surface area contributed by atoms with Crippen molar-refractivity contribution in [3.8, 4) is 11.8 Å². The Morgan fingerprint density at radius 3 is 2.61 bits per heavy atom. The van der Waals surface area contributed by atoms with Gasteiger partial charge in [-0.05, 0) is 29.8 Å². The van der Waals surface area contributed by atoms with Gasteiger partial charge in [0, 0.05) is 0 Å². The summed E-state index contributed by atoms with van der Waals surface area (Å²) in [7, 11) is 0. The van der Waals surface area contributed by atoms with E-state index in [2.05, 4.69) is 11.4 Å². The summed E-state index contributed by atoms with van der Waals surface area (Å²) < 4.78 is 0. The maximum atomic E-state index is 9.41. The molecule has 2 N–H and O–H groups in total. The molecule has 4 heteroatoms. The van der Waals surface area contributed by atoms with Crippen molar-refractivity contribution >= 4 is 17.3 Å². The molecule has 3 nitrogen and oxygen atoms in total. The van der Waals surface area contributed by atoms with Crippen molar-refractivity contribution in [3.05, 3.63) is 59.1 Å². The van der Waals surface area contributed by atoms with Crippen molar-refractivity contribution in [3.63, 3.8) is 0 Å². The summed E-state index contributed by atoms with van der Waals surface area (Å²) >= 11 is 6.02. The largest absolute Gasteiger partial charge is 0.508 e. The second kappa shape index (κ2) is 5.44. The Labute approximate surface area is 110 Å². The van der Waals surface area contributed by atoms with Gasteiger partial charge in [0.2, 0.25) is 0 Å². The highest BCUT2D eigenvalue weighted by molar-refractivity contribution is 6.33. The highest BCUT2D eigenvalue weighted by Crippen LogP contribution is 2.26. The van der Waals surface area contributed by atoms with Gasteiger partial charge in [-0.2, -0.15) is 5.26 Å². The van der Waals surface area contributed by atoms with Crippen LogP contribution in [0.25, 0.3) is 0 Å². The van der Waals surface area contributed by atoms with Crippen molar-refractivity contribution < 1.29 is 5.11 Å². The molecule has 1 atom stereocenters. The van der Waals surface area contributed by atoms with E-state index in [1.54, 1.807) is 36.4 Å². The van der Waals surface area contributed by atoms with Crippen molar-refractivity contribution in [2.24, 2.45) is 0 Å². The third-order valence-electron chi connectivity index (χ3n) is 2.51. The Balaban J connectivity index is 2.26. The van der Waals surface area contributed by atoms with Crippen LogP contribution in [0.5, 0.6) is 5.75 Å². The number of nitrogens with one attached hydrogen (secondary N) is 1. The number of aromatic hydroxyl groups is 1. The quantitative estimate of drug-likeness (QED) is 0.882. The molecule has 0 heterocycles. The number of rotatable bonds is 3. The molecule has 2 aromatic rings. The molecule has 90 valence electrons. The number of nitriles is 1. The topological polar surface area (TPSA) is 56.0 Å². The van der Waals surface area contributed by atoms with Gasteiger partial charge in [0.05, 0.1) is 16.8 Å². The molecule has 0 spiro atoms. The monoisotopic (exact) mass is 258 g/mol. The van der Waals surface area contributed by atoms with Crippen LogP contribution in [0, 0.1) is 11.3 Å². The Hall–Kier alpha value is -2.18. The molecule has 0 saturated heterocycles. The minimum Gasteiger partial charge on any atom is -0.508 e. The second-order valence-corrected chi connectivity index (χ2v) is 4.19. The summed E-state index contributed by atoms with van der Waals surface area (Å²) in [6.07, 6.45) is 0. The molecular weight excluding hydrogens is 248 g/mol. The molecule has 0 fully saturated rings. The number of phenols is 1. The molecular formula is C14H11ClN2O. The minimum atomic E-state index is -0.558. The predicted octanol–water partition coefficient (Wildman–Crippen LogP) is 3.72. The first-order valence-electron chi connectivity index (χ1n) is 5.40. The number of hydrogen-bond donors (Lipinski definition) is 2. The van der Waals surface area contributed by atoms with E-state index in [-0.39, 0.29) is 5.75 Å². The molecule has 0 aliphatic carbocycles. The predicted molar refractivity (Wildman–Crippen MR) is 71.5 cm³/mol. The van der Waals surface area contributed by atoms with E-state index >= 15 is 0 Å². The number of nitrogens with zero attached hydrogens (tertiary/aromatic N) is 1. The third kappa shape index (κ3) is 2.73. The number of phenolic OH excluding ortho intramolecular Hbond substituents is 1. The van der Waals surface area contributed by atoms with E-state index in [0.29, 0.717) is 16.3 Å². The minimum absolute atomic E-state index is 0.133. The van der Waals surface area contributed by atoms with Crippen LogP contribution in [0.3, 0.4) is 0 Å². The van der Waals surface area contributed by atoms with Crippen LogP contribution < -0.4 is 5.32 Å². The Morgan fingerprint density at radius 1 is 1.17 bits per heavy atom. The lowest BCUT2D eigenvalue weighted by atomic mass is 10.1. The van der Waals surface area contributed by atoms with E-state index in [1.165, 1.54) is 0 Å². The molecule has 2 aromatic carbocycles. The number of hydrogen-bond acceptors (Lipinski definition) is 3. The van der Waals surface area contributed by atoms with Gasteiger partial charge in [0.1, 0.15) is 11.8 Å². The highest BCUT2D eigenvalue weighted by Gasteiger charge is 2.12. The van der Waals surface area contributed by atoms with Gasteiger partial charge >= 0.3 is 0 Å². The van der Waals surface area contributed by atoms with Crippen LogP contribution in [0.15, 0.2) is 48.5 Å². The normalized spacial score (nSPS) is 11.6. The number of anilines is 1. The third-order valence-corrected chi connectivity index (χ3v) is 2.84. The molecule has 0 radical (unpaired) electrons. The van der Waals surface area contributed by atoms with Crippen LogP contribution in [-0.4, -0.2) is 5.11 Å². The maximum absolute atomic E-state index is 9.41. The van der Waals surface area contributed by atoms with Crippen LogP contribution >= 0.6 is 11.6 Å². The maximum Gasteiger partial charge on any atom is 0.140 e. The van der Waals surface area contributed by atoms with Gasteiger partial charge in [0.25, 0.3) is 0 Å². The zero-order valence-corrected chi connectivity index (χ0v) is 10.2. The molecule has 1 unspecified atom stereocenters. The number of halogens is 1. The van der Waals surface area contributed by atoms with Crippen LogP contribution in [0.2, 0.25) is 5.02 Å². The zero-order chi connectivity index (χ0) is 13.0. The van der Waals surface area contributed by atoms with E-state index < -0.39 is 6.04 Å². The number of benzene rings is 2. The molecule has 0 saturated carbocycles. The molecule has 2 rings (SSSR count). The van der Waals surface area contributed by atoms with Crippen molar-refractivity contribution in [1.29, 1.82) is 5.26 Å². The summed E-state index contributed by atoms with van der Waals surface area (Å²) in [5.41, 5.74) is 1.38. The number of para-hydroxylation sites is 1. The molecule has 18 heavy (non-hydrogen) atoms. The molecule has 0 bridgehead atoms. The lowest BCUT2D eigenvalue weighted by Gasteiger charge is -2.14. The van der Waals surface area contributed by atoms with E-state index in [1.807, 2.05) is 12.1 Å². The molecule has 0 aliphatic heterocycles. The van der Waals surface area contributed by atoms with Crippen molar-refractivity contribution in [2.75, 3.05) is 5.32 Å². The fourth-order valence-electron chi connectivity index (χ4n) is 1.63. The Bertz CT molecular complexity index is 592. The van der Waals surface area contributed by atoms with Crippen LogP contribution in [0.4, 0.5) is 5.69 Å². The van der Waals surface area contributed by atoms with Gasteiger partial charge in [0.15, 0.2) is 0 Å². The summed E-state index contributed by atoms with van der Waals surface area (Å²) in [4.78, 5) is 0. The smallest absolute Gasteiger partial charge is 0.140 e. The fourth-order valence-corrected chi connectivity index (χ4v) is 1.82. The van der Waals surface area contributed by atoms with E-state index in [9.17, 15) is 10.4 Å². The summed E-state index contributed by atoms with van der Waals surface area (Å²) in [5.74, 6) is 0.133. The van der Waals surface area contributed by atoms with E-state index in [4.69, 9.17) is 11.6 Å². The van der Waals surface area contributed by atoms with Crippen molar-refractivity contribution in [1.82, 2.24) is 0 Å².